The van der Waals surface area contributed by atoms with E-state index in [4.69, 9.17) is 0 Å². The number of thiazole rings is 1. The largest absolute Gasteiger partial charge is 0.298 e. The molecule has 2 heterocycles. The van der Waals surface area contributed by atoms with Crippen LogP contribution in [0.25, 0.3) is 6.08 Å². The van der Waals surface area contributed by atoms with E-state index in [-0.39, 0.29) is 5.91 Å². The van der Waals surface area contributed by atoms with Gasteiger partial charge in [-0.15, -0.1) is 16.4 Å². The standard InChI is InChI=1S/C17H17N5OS/c1-12-13(2)24-17(18-12)19-16(23)9-8-15-11-22(21-20-15)10-14-6-4-3-5-7-14/h3-9,11H,10H2,1-2H3,(H,18,19,23)/b9-8+. The van der Waals surface area contributed by atoms with Gasteiger partial charge in [0.25, 0.3) is 0 Å². The Labute approximate surface area is 143 Å². The van der Waals surface area contributed by atoms with Crippen LogP contribution in [0.2, 0.25) is 0 Å². The van der Waals surface area contributed by atoms with Crippen molar-refractivity contribution < 1.29 is 4.79 Å². The maximum absolute atomic E-state index is 11.9. The van der Waals surface area contributed by atoms with Crippen molar-refractivity contribution in [1.82, 2.24) is 20.0 Å². The van der Waals surface area contributed by atoms with Crippen molar-refractivity contribution in [3.05, 3.63) is 64.4 Å². The average Bonchev–Trinajstić information content (AvgIpc) is 3.13. The molecule has 0 aliphatic rings. The van der Waals surface area contributed by atoms with Gasteiger partial charge < -0.3 is 0 Å². The lowest BCUT2D eigenvalue weighted by Gasteiger charge is -1.98. The highest BCUT2D eigenvalue weighted by Gasteiger charge is 2.06. The highest BCUT2D eigenvalue weighted by atomic mass is 32.1. The predicted molar refractivity (Wildman–Crippen MR) is 94.8 cm³/mol. The van der Waals surface area contributed by atoms with Gasteiger partial charge in [0.2, 0.25) is 5.91 Å². The summed E-state index contributed by atoms with van der Waals surface area (Å²) in [5, 5.41) is 11.5. The third kappa shape index (κ3) is 4.14. The number of aryl methyl sites for hydroxylation is 2. The minimum atomic E-state index is -0.235. The fourth-order valence-corrected chi connectivity index (χ4v) is 2.89. The Kier molecular flexibility index (Phi) is 4.81. The minimum Gasteiger partial charge on any atom is -0.298 e. The van der Waals surface area contributed by atoms with Crippen LogP contribution >= 0.6 is 11.3 Å². The zero-order valence-corrected chi connectivity index (χ0v) is 14.2. The van der Waals surface area contributed by atoms with E-state index in [1.807, 2.05) is 44.2 Å². The molecule has 0 saturated heterocycles. The van der Waals surface area contributed by atoms with Gasteiger partial charge in [0, 0.05) is 11.0 Å². The number of nitrogens with one attached hydrogen (secondary N) is 1. The maximum atomic E-state index is 11.9. The maximum Gasteiger partial charge on any atom is 0.250 e. The second kappa shape index (κ2) is 7.18. The smallest absolute Gasteiger partial charge is 0.250 e. The molecule has 1 aromatic carbocycles. The minimum absolute atomic E-state index is 0.235. The van der Waals surface area contributed by atoms with Gasteiger partial charge in [0.1, 0.15) is 5.69 Å². The van der Waals surface area contributed by atoms with Crippen LogP contribution < -0.4 is 5.32 Å². The van der Waals surface area contributed by atoms with Crippen molar-refractivity contribution in [2.75, 3.05) is 5.32 Å². The number of hydrogen-bond donors (Lipinski definition) is 1. The number of aromatic nitrogens is 4. The number of carbonyl (C=O) groups excluding carboxylic acids is 1. The van der Waals surface area contributed by atoms with Crippen LogP contribution in [0.15, 0.2) is 42.6 Å². The van der Waals surface area contributed by atoms with E-state index >= 15 is 0 Å². The molecule has 0 bridgehead atoms. The Hall–Kier alpha value is -2.80. The number of anilines is 1. The van der Waals surface area contributed by atoms with E-state index in [1.54, 1.807) is 17.0 Å². The molecule has 0 aliphatic carbocycles. The van der Waals surface area contributed by atoms with Gasteiger partial charge in [0.15, 0.2) is 5.13 Å². The topological polar surface area (TPSA) is 72.7 Å². The fourth-order valence-electron chi connectivity index (χ4n) is 2.07. The lowest BCUT2D eigenvalue weighted by atomic mass is 10.2. The van der Waals surface area contributed by atoms with E-state index in [2.05, 4.69) is 20.6 Å². The average molecular weight is 339 g/mol. The third-order valence-corrected chi connectivity index (χ3v) is 4.40. The molecule has 0 unspecified atom stereocenters. The quantitative estimate of drug-likeness (QED) is 0.725. The Bertz CT molecular complexity index is 847. The van der Waals surface area contributed by atoms with Crippen LogP contribution in [0.4, 0.5) is 5.13 Å². The van der Waals surface area contributed by atoms with E-state index in [9.17, 15) is 4.79 Å². The molecule has 7 heteroatoms. The third-order valence-electron chi connectivity index (χ3n) is 3.41. The Balaban J connectivity index is 1.59. The Morgan fingerprint density at radius 2 is 2.08 bits per heavy atom. The van der Waals surface area contributed by atoms with E-state index < -0.39 is 0 Å². The summed E-state index contributed by atoms with van der Waals surface area (Å²) in [4.78, 5) is 17.3. The molecule has 6 nitrogen and oxygen atoms in total. The summed E-state index contributed by atoms with van der Waals surface area (Å²) in [5.41, 5.74) is 2.71. The molecular weight excluding hydrogens is 322 g/mol. The van der Waals surface area contributed by atoms with Crippen LogP contribution in [0, 0.1) is 13.8 Å². The summed E-state index contributed by atoms with van der Waals surface area (Å²) >= 11 is 1.46. The Morgan fingerprint density at radius 1 is 1.29 bits per heavy atom. The van der Waals surface area contributed by atoms with Crippen molar-refractivity contribution in [2.45, 2.75) is 20.4 Å². The van der Waals surface area contributed by atoms with Crippen LogP contribution in [-0.4, -0.2) is 25.9 Å². The number of carbonyl (C=O) groups is 1. The van der Waals surface area contributed by atoms with Gasteiger partial charge in [0.05, 0.1) is 18.4 Å². The number of nitrogens with zero attached hydrogens (tertiary/aromatic N) is 4. The first kappa shape index (κ1) is 16.1. The molecule has 0 fully saturated rings. The normalized spacial score (nSPS) is 11.1. The number of hydrogen-bond acceptors (Lipinski definition) is 5. The van der Waals surface area contributed by atoms with E-state index in [0.29, 0.717) is 17.4 Å². The van der Waals surface area contributed by atoms with Gasteiger partial charge in [-0.1, -0.05) is 35.5 Å². The number of amides is 1. The predicted octanol–water partition coefficient (Wildman–Crippen LogP) is 3.05. The monoisotopic (exact) mass is 339 g/mol. The second-order valence-corrected chi connectivity index (χ2v) is 6.51. The van der Waals surface area contributed by atoms with Crippen LogP contribution in [0.1, 0.15) is 21.8 Å². The zero-order chi connectivity index (χ0) is 16.9. The molecule has 0 aliphatic heterocycles. The van der Waals surface area contributed by atoms with Gasteiger partial charge in [-0.2, -0.15) is 0 Å². The summed E-state index contributed by atoms with van der Waals surface area (Å²) in [5.74, 6) is -0.235. The number of benzene rings is 1. The Morgan fingerprint density at radius 3 is 2.79 bits per heavy atom. The summed E-state index contributed by atoms with van der Waals surface area (Å²) in [6.45, 7) is 4.54. The molecule has 0 radical (unpaired) electrons. The molecular formula is C17H17N5OS. The molecule has 122 valence electrons. The summed E-state index contributed by atoms with van der Waals surface area (Å²) in [7, 11) is 0. The molecule has 24 heavy (non-hydrogen) atoms. The van der Waals surface area contributed by atoms with Crippen LogP contribution in [-0.2, 0) is 11.3 Å². The van der Waals surface area contributed by atoms with E-state index in [1.165, 1.54) is 17.4 Å². The summed E-state index contributed by atoms with van der Waals surface area (Å²) in [6, 6.07) is 10.0. The molecule has 1 amide bonds. The number of rotatable bonds is 5. The molecule has 3 aromatic rings. The first-order chi connectivity index (χ1) is 11.6. The van der Waals surface area contributed by atoms with Gasteiger partial charge >= 0.3 is 0 Å². The summed E-state index contributed by atoms with van der Waals surface area (Å²) in [6.07, 6.45) is 4.87. The summed E-state index contributed by atoms with van der Waals surface area (Å²) < 4.78 is 1.74. The molecule has 3 rings (SSSR count). The van der Waals surface area contributed by atoms with Gasteiger partial charge in [-0.3, -0.25) is 10.1 Å². The molecule has 0 saturated carbocycles. The van der Waals surface area contributed by atoms with Crippen molar-refractivity contribution in [3.8, 4) is 0 Å². The lowest BCUT2D eigenvalue weighted by molar-refractivity contribution is -0.111. The lowest BCUT2D eigenvalue weighted by Crippen LogP contribution is -2.07. The molecule has 1 N–H and O–H groups in total. The zero-order valence-electron chi connectivity index (χ0n) is 13.4. The van der Waals surface area contributed by atoms with E-state index in [0.717, 1.165) is 16.1 Å². The van der Waals surface area contributed by atoms with Crippen molar-refractivity contribution >= 4 is 28.5 Å². The molecule has 2 aromatic heterocycles. The molecule has 0 atom stereocenters. The highest BCUT2D eigenvalue weighted by molar-refractivity contribution is 7.15. The SMILES string of the molecule is Cc1nc(NC(=O)/C=C/c2cn(Cc3ccccc3)nn2)sc1C. The van der Waals surface area contributed by atoms with Crippen molar-refractivity contribution in [2.24, 2.45) is 0 Å². The van der Waals surface area contributed by atoms with Gasteiger partial charge in [-0.25, -0.2) is 9.67 Å². The highest BCUT2D eigenvalue weighted by Crippen LogP contribution is 2.20. The van der Waals surface area contributed by atoms with Crippen LogP contribution in [0.3, 0.4) is 0 Å². The fraction of sp³-hybridized carbons (Fsp3) is 0.176. The molecule has 0 spiro atoms. The van der Waals surface area contributed by atoms with Crippen LogP contribution in [0.5, 0.6) is 0 Å². The first-order valence-corrected chi connectivity index (χ1v) is 8.29. The first-order valence-electron chi connectivity index (χ1n) is 7.47. The van der Waals surface area contributed by atoms with Crippen molar-refractivity contribution in [1.29, 1.82) is 0 Å². The van der Waals surface area contributed by atoms with Crippen molar-refractivity contribution in [3.63, 3.8) is 0 Å². The van der Waals surface area contributed by atoms with Gasteiger partial charge in [-0.05, 0) is 25.5 Å². The second-order valence-electron chi connectivity index (χ2n) is 5.31.